The van der Waals surface area contributed by atoms with E-state index in [2.05, 4.69) is 9.97 Å². The van der Waals surface area contributed by atoms with E-state index in [0.29, 0.717) is 25.9 Å². The van der Waals surface area contributed by atoms with Crippen molar-refractivity contribution in [3.05, 3.63) is 47.4 Å². The predicted molar refractivity (Wildman–Crippen MR) is 125 cm³/mol. The average Bonchev–Trinajstić information content (AvgIpc) is 2.73. The van der Waals surface area contributed by atoms with E-state index in [-0.39, 0.29) is 41.3 Å². The third-order valence-electron chi connectivity index (χ3n) is 5.85. The topological polar surface area (TPSA) is 122 Å². The Morgan fingerprint density at radius 3 is 2.44 bits per heavy atom. The van der Waals surface area contributed by atoms with Crippen LogP contribution in [-0.4, -0.2) is 55.8 Å². The first kappa shape index (κ1) is 25.3. The summed E-state index contributed by atoms with van der Waals surface area (Å²) >= 11 is 0. The number of carbonyl (C=O) groups excluding carboxylic acids is 1. The van der Waals surface area contributed by atoms with Crippen LogP contribution >= 0.6 is 0 Å². The smallest absolute Gasteiger partial charge is 0.410 e. The molecule has 34 heavy (non-hydrogen) atoms. The van der Waals surface area contributed by atoms with Crippen LogP contribution in [0.15, 0.2) is 30.3 Å². The van der Waals surface area contributed by atoms with Crippen LogP contribution < -0.4 is 4.74 Å². The number of likely N-dealkylation sites (tertiary alicyclic amines) is 1. The van der Waals surface area contributed by atoms with Gasteiger partial charge in [0.15, 0.2) is 5.69 Å². The van der Waals surface area contributed by atoms with Gasteiger partial charge >= 0.3 is 12.1 Å². The Bertz CT molecular complexity index is 1030. The Hall–Kier alpha value is -3.36. The molecule has 1 unspecified atom stereocenters. The van der Waals surface area contributed by atoms with Crippen molar-refractivity contribution in [2.45, 2.75) is 59.7 Å². The van der Waals surface area contributed by atoms with Crippen LogP contribution in [0.5, 0.6) is 11.6 Å². The van der Waals surface area contributed by atoms with Crippen LogP contribution in [0.4, 0.5) is 4.79 Å². The van der Waals surface area contributed by atoms with E-state index < -0.39 is 17.5 Å². The normalized spacial score (nSPS) is 17.8. The summed E-state index contributed by atoms with van der Waals surface area (Å²) in [7, 11) is 0. The van der Waals surface area contributed by atoms with E-state index in [9.17, 15) is 19.8 Å². The number of nitrogens with zero attached hydrogens (tertiary/aromatic N) is 3. The Morgan fingerprint density at radius 2 is 1.85 bits per heavy atom. The summed E-state index contributed by atoms with van der Waals surface area (Å²) in [6.07, 6.45) is 0.688. The lowest BCUT2D eigenvalue weighted by Crippen LogP contribution is -2.50. The molecule has 1 atom stereocenters. The van der Waals surface area contributed by atoms with E-state index in [0.717, 1.165) is 5.56 Å². The molecule has 0 saturated carbocycles. The maximum absolute atomic E-state index is 12.5. The van der Waals surface area contributed by atoms with Gasteiger partial charge in [-0.15, -0.1) is 0 Å². The van der Waals surface area contributed by atoms with Crippen molar-refractivity contribution in [1.29, 1.82) is 0 Å². The van der Waals surface area contributed by atoms with Crippen LogP contribution in [0, 0.1) is 11.3 Å². The molecule has 1 aromatic heterocycles. The molecule has 1 amide bonds. The van der Waals surface area contributed by atoms with Gasteiger partial charge in [0.2, 0.25) is 5.75 Å². The fraction of sp³-hybridized carbons (Fsp3) is 0.520. The summed E-state index contributed by atoms with van der Waals surface area (Å²) in [6, 6.07) is 9.20. The fourth-order valence-corrected chi connectivity index (χ4v) is 4.07. The Balaban J connectivity index is 1.74. The van der Waals surface area contributed by atoms with Gasteiger partial charge in [-0.05, 0) is 44.1 Å². The molecule has 1 fully saturated rings. The number of hydrogen-bond acceptors (Lipinski definition) is 7. The lowest BCUT2D eigenvalue weighted by atomic mass is 9.72. The van der Waals surface area contributed by atoms with Gasteiger partial charge in [0.05, 0.1) is 0 Å². The van der Waals surface area contributed by atoms with Crippen molar-refractivity contribution >= 4 is 12.1 Å². The molecular formula is C25H33N3O6. The summed E-state index contributed by atoms with van der Waals surface area (Å²) < 4.78 is 11.1. The maximum Gasteiger partial charge on any atom is 0.410 e. The van der Waals surface area contributed by atoms with Gasteiger partial charge in [-0.1, -0.05) is 44.2 Å². The lowest BCUT2D eigenvalue weighted by molar-refractivity contribution is -0.00439. The zero-order chi connectivity index (χ0) is 25.1. The molecular weight excluding hydrogens is 438 g/mol. The van der Waals surface area contributed by atoms with Crippen molar-refractivity contribution in [1.82, 2.24) is 14.9 Å². The molecule has 0 bridgehead atoms. The van der Waals surface area contributed by atoms with E-state index in [4.69, 9.17) is 9.47 Å². The van der Waals surface area contributed by atoms with Crippen molar-refractivity contribution in [2.75, 3.05) is 13.1 Å². The number of carboxylic acid groups (broad SMARTS) is 1. The van der Waals surface area contributed by atoms with Gasteiger partial charge in [-0.25, -0.2) is 14.6 Å². The van der Waals surface area contributed by atoms with E-state index in [1.807, 2.05) is 65.0 Å². The SMILES string of the molecule is CC(C)(C)OC(=O)N1CCC(Cc2nc(O)c(OCc3ccccc3)c(C(=O)O)n2)C(C)(C)C1. The molecule has 184 valence electrons. The summed E-state index contributed by atoms with van der Waals surface area (Å²) in [5, 5.41) is 20.1. The number of carboxylic acids is 1. The minimum Gasteiger partial charge on any atom is -0.491 e. The van der Waals surface area contributed by atoms with Crippen LogP contribution in [0.2, 0.25) is 0 Å². The van der Waals surface area contributed by atoms with E-state index >= 15 is 0 Å². The second-order valence-corrected chi connectivity index (χ2v) is 10.3. The zero-order valence-electron chi connectivity index (χ0n) is 20.4. The number of amides is 1. The quantitative estimate of drug-likeness (QED) is 0.640. The predicted octanol–water partition coefficient (Wildman–Crippen LogP) is 4.29. The first-order valence-electron chi connectivity index (χ1n) is 11.3. The van der Waals surface area contributed by atoms with Gasteiger partial charge < -0.3 is 24.6 Å². The molecule has 1 aliphatic heterocycles. The number of aromatic hydroxyl groups is 1. The van der Waals surface area contributed by atoms with Gasteiger partial charge in [-0.3, -0.25) is 0 Å². The number of carbonyl (C=O) groups is 2. The molecule has 0 radical (unpaired) electrons. The summed E-state index contributed by atoms with van der Waals surface area (Å²) in [5.41, 5.74) is -0.413. The molecule has 1 saturated heterocycles. The van der Waals surface area contributed by atoms with Gasteiger partial charge in [-0.2, -0.15) is 4.98 Å². The van der Waals surface area contributed by atoms with Crippen LogP contribution in [-0.2, 0) is 17.8 Å². The van der Waals surface area contributed by atoms with Crippen LogP contribution in [0.25, 0.3) is 0 Å². The summed E-state index contributed by atoms with van der Waals surface area (Å²) in [6.45, 7) is 10.7. The highest BCUT2D eigenvalue weighted by atomic mass is 16.6. The molecule has 0 aliphatic carbocycles. The highest BCUT2D eigenvalue weighted by Gasteiger charge is 2.39. The molecule has 3 rings (SSSR count). The monoisotopic (exact) mass is 471 g/mol. The van der Waals surface area contributed by atoms with E-state index in [1.54, 1.807) is 4.90 Å². The third-order valence-corrected chi connectivity index (χ3v) is 5.85. The highest BCUT2D eigenvalue weighted by molar-refractivity contribution is 5.89. The van der Waals surface area contributed by atoms with Crippen molar-refractivity contribution in [2.24, 2.45) is 11.3 Å². The second-order valence-electron chi connectivity index (χ2n) is 10.3. The number of ether oxygens (including phenoxy) is 2. The molecule has 1 aromatic carbocycles. The first-order chi connectivity index (χ1) is 15.9. The standard InChI is InChI=1S/C25H33N3O6/c1-24(2,3)34-23(32)28-12-11-17(25(4,5)15-28)13-18-26-19(22(30)31)20(21(29)27-18)33-14-16-9-7-6-8-10-16/h6-10,17H,11-15H2,1-5H3,(H,30,31)(H,26,27,29). The molecule has 0 spiro atoms. The maximum atomic E-state index is 12.5. The van der Waals surface area contributed by atoms with Gasteiger partial charge in [0.25, 0.3) is 5.88 Å². The largest absolute Gasteiger partial charge is 0.491 e. The molecule has 2 heterocycles. The van der Waals surface area contributed by atoms with Crippen LogP contribution in [0.1, 0.15) is 62.9 Å². The van der Waals surface area contributed by atoms with Gasteiger partial charge in [0.1, 0.15) is 18.0 Å². The zero-order valence-corrected chi connectivity index (χ0v) is 20.4. The fourth-order valence-electron chi connectivity index (χ4n) is 4.07. The minimum absolute atomic E-state index is 0.0725. The summed E-state index contributed by atoms with van der Waals surface area (Å²) in [4.78, 5) is 34.4. The number of benzene rings is 1. The Kier molecular flexibility index (Phi) is 7.33. The number of rotatable bonds is 6. The number of piperidine rings is 1. The first-order valence-corrected chi connectivity index (χ1v) is 11.3. The molecule has 1 aliphatic rings. The molecule has 9 nitrogen and oxygen atoms in total. The Labute approximate surface area is 199 Å². The summed E-state index contributed by atoms with van der Waals surface area (Å²) in [5.74, 6) is -1.75. The second kappa shape index (κ2) is 9.87. The van der Waals surface area contributed by atoms with Crippen LogP contribution in [0.3, 0.4) is 0 Å². The minimum atomic E-state index is -1.30. The van der Waals surface area contributed by atoms with E-state index in [1.165, 1.54) is 0 Å². The lowest BCUT2D eigenvalue weighted by Gasteiger charge is -2.44. The van der Waals surface area contributed by atoms with Crippen molar-refractivity contribution < 1.29 is 29.3 Å². The number of aromatic carboxylic acids is 1. The number of aromatic nitrogens is 2. The average molecular weight is 472 g/mol. The van der Waals surface area contributed by atoms with Crippen molar-refractivity contribution in [3.8, 4) is 11.6 Å². The molecule has 2 N–H and O–H groups in total. The van der Waals surface area contributed by atoms with Crippen molar-refractivity contribution in [3.63, 3.8) is 0 Å². The van der Waals surface area contributed by atoms with Gasteiger partial charge in [0, 0.05) is 19.5 Å². The highest BCUT2D eigenvalue weighted by Crippen LogP contribution is 2.38. The molecule has 2 aromatic rings. The molecule has 9 heteroatoms. The Morgan fingerprint density at radius 1 is 1.18 bits per heavy atom. The number of hydrogen-bond donors (Lipinski definition) is 2. The third kappa shape index (κ3) is 6.36.